The zero-order valence-electron chi connectivity index (χ0n) is 22.0. The standard InChI is InChI=1S/C29H46N2O4/c1-5-6-10-21(32)25(34)19(15-18-11-12-18)16-22(33)24-23-20(28(23,2)3)17-31(24)27(35)26(30)29(4)13-8-7-9-14-29/h5,18-20,23-26,34H,1,6-17,30H2,2-4H3/t19-,20+,23+,24-,25?,26-/m1/s1. The van der Waals surface area contributed by atoms with Crippen LogP contribution in [0.4, 0.5) is 0 Å². The Kier molecular flexibility index (Phi) is 7.64. The van der Waals surface area contributed by atoms with E-state index in [4.69, 9.17) is 5.73 Å². The maximum atomic E-state index is 13.8. The molecule has 6 heteroatoms. The highest BCUT2D eigenvalue weighted by Gasteiger charge is 2.69. The molecule has 4 rings (SSSR count). The number of Topliss-reactive ketones (excluding diaryl/α,β-unsaturated/α-hetero) is 2. The van der Waals surface area contributed by atoms with Crippen molar-refractivity contribution in [2.75, 3.05) is 6.54 Å². The average molecular weight is 487 g/mol. The Morgan fingerprint density at radius 2 is 1.80 bits per heavy atom. The molecule has 0 aromatic heterocycles. The van der Waals surface area contributed by atoms with Crippen LogP contribution in [0.15, 0.2) is 12.7 Å². The van der Waals surface area contributed by atoms with Gasteiger partial charge in [-0.05, 0) is 60.2 Å². The van der Waals surface area contributed by atoms with Crippen LogP contribution in [-0.2, 0) is 14.4 Å². The van der Waals surface area contributed by atoms with Gasteiger partial charge in [-0.1, -0.05) is 59.0 Å². The minimum absolute atomic E-state index is 0.00126. The van der Waals surface area contributed by atoms with Gasteiger partial charge in [-0.25, -0.2) is 0 Å². The molecule has 0 bridgehead atoms. The number of ketones is 2. The first kappa shape index (κ1) is 26.5. The number of aliphatic hydroxyl groups is 1. The highest BCUT2D eigenvalue weighted by atomic mass is 16.3. The Balaban J connectivity index is 1.50. The smallest absolute Gasteiger partial charge is 0.240 e. The van der Waals surface area contributed by atoms with Crippen LogP contribution in [0.5, 0.6) is 0 Å². The fourth-order valence-electron chi connectivity index (χ4n) is 7.17. The Labute approximate surface area is 211 Å². The normalized spacial score (nSPS) is 31.2. The summed E-state index contributed by atoms with van der Waals surface area (Å²) in [6, 6.07) is -1.08. The Morgan fingerprint density at radius 3 is 2.40 bits per heavy atom. The summed E-state index contributed by atoms with van der Waals surface area (Å²) < 4.78 is 0. The van der Waals surface area contributed by atoms with Gasteiger partial charge in [-0.3, -0.25) is 14.4 Å². The summed E-state index contributed by atoms with van der Waals surface area (Å²) in [6.45, 7) is 10.7. The third-order valence-electron chi connectivity index (χ3n) is 10.0. The maximum Gasteiger partial charge on any atom is 0.240 e. The van der Waals surface area contributed by atoms with Gasteiger partial charge in [0.25, 0.3) is 0 Å². The van der Waals surface area contributed by atoms with E-state index in [1.165, 1.54) is 6.42 Å². The molecular formula is C29H46N2O4. The number of carbonyl (C=O) groups is 3. The van der Waals surface area contributed by atoms with Crippen LogP contribution in [0, 0.1) is 34.5 Å². The molecule has 196 valence electrons. The summed E-state index contributed by atoms with van der Waals surface area (Å²) in [6.07, 6.45) is 9.65. The third kappa shape index (κ3) is 5.29. The average Bonchev–Trinajstić information content (AvgIpc) is 3.68. The molecule has 1 heterocycles. The first-order valence-corrected chi connectivity index (χ1v) is 13.9. The zero-order chi connectivity index (χ0) is 25.5. The van der Waals surface area contributed by atoms with Crippen LogP contribution in [0.3, 0.4) is 0 Å². The Hall–Kier alpha value is -1.53. The molecule has 3 saturated carbocycles. The van der Waals surface area contributed by atoms with Gasteiger partial charge < -0.3 is 15.7 Å². The van der Waals surface area contributed by atoms with Gasteiger partial charge in [0.2, 0.25) is 5.91 Å². The lowest BCUT2D eigenvalue weighted by molar-refractivity contribution is -0.144. The number of allylic oxidation sites excluding steroid dienone is 1. The number of rotatable bonds is 12. The molecule has 35 heavy (non-hydrogen) atoms. The van der Waals surface area contributed by atoms with E-state index >= 15 is 0 Å². The number of amides is 1. The van der Waals surface area contributed by atoms with Crippen molar-refractivity contribution in [1.82, 2.24) is 4.90 Å². The van der Waals surface area contributed by atoms with Gasteiger partial charge in [-0.15, -0.1) is 6.58 Å². The fraction of sp³-hybridized carbons (Fsp3) is 0.828. The zero-order valence-corrected chi connectivity index (χ0v) is 22.0. The second-order valence-corrected chi connectivity index (χ2v) is 12.9. The highest BCUT2D eigenvalue weighted by molar-refractivity contribution is 5.93. The molecule has 1 saturated heterocycles. The largest absolute Gasteiger partial charge is 0.385 e. The molecule has 0 aromatic carbocycles. The molecule has 0 aromatic rings. The van der Waals surface area contributed by atoms with Gasteiger partial charge in [-0.2, -0.15) is 0 Å². The van der Waals surface area contributed by atoms with Crippen molar-refractivity contribution in [3.05, 3.63) is 12.7 Å². The van der Waals surface area contributed by atoms with Crippen LogP contribution in [0.1, 0.15) is 91.4 Å². The molecule has 6 atom stereocenters. The van der Waals surface area contributed by atoms with E-state index in [1.807, 2.05) is 0 Å². The predicted molar refractivity (Wildman–Crippen MR) is 136 cm³/mol. The van der Waals surface area contributed by atoms with Crippen molar-refractivity contribution >= 4 is 17.5 Å². The van der Waals surface area contributed by atoms with E-state index in [-0.39, 0.29) is 53.0 Å². The lowest BCUT2D eigenvalue weighted by Gasteiger charge is -2.41. The number of likely N-dealkylation sites (tertiary alicyclic amines) is 1. The van der Waals surface area contributed by atoms with E-state index in [0.717, 1.165) is 38.5 Å². The van der Waals surface area contributed by atoms with E-state index in [9.17, 15) is 19.5 Å². The number of hydrogen-bond acceptors (Lipinski definition) is 5. The number of fused-ring (bicyclic) bond motifs is 1. The Bertz CT molecular complexity index is 842. The van der Waals surface area contributed by atoms with Gasteiger partial charge >= 0.3 is 0 Å². The highest BCUT2D eigenvalue weighted by Crippen LogP contribution is 2.65. The summed E-state index contributed by atoms with van der Waals surface area (Å²) >= 11 is 0. The van der Waals surface area contributed by atoms with Crippen molar-refractivity contribution in [3.8, 4) is 0 Å². The SMILES string of the molecule is C=CCCC(=O)C(O)[C@@H](CC(=O)[C@@H]1[C@@H]2[C@H](CN1C(=O)[C@@H](N)C1(C)CCCCC1)C2(C)C)CC1CC1. The number of carbonyl (C=O) groups excluding carboxylic acids is 3. The summed E-state index contributed by atoms with van der Waals surface area (Å²) in [5.41, 5.74) is 6.42. The topological polar surface area (TPSA) is 101 Å². The quantitative estimate of drug-likeness (QED) is 0.406. The molecule has 1 aliphatic heterocycles. The molecule has 4 aliphatic rings. The van der Waals surface area contributed by atoms with E-state index in [2.05, 4.69) is 27.4 Å². The molecule has 1 amide bonds. The lowest BCUT2D eigenvalue weighted by atomic mass is 9.70. The van der Waals surface area contributed by atoms with E-state index < -0.39 is 18.2 Å². The van der Waals surface area contributed by atoms with Gasteiger partial charge in [0.1, 0.15) is 6.10 Å². The van der Waals surface area contributed by atoms with Crippen molar-refractivity contribution in [2.24, 2.45) is 40.2 Å². The lowest BCUT2D eigenvalue weighted by Crippen LogP contribution is -2.57. The van der Waals surface area contributed by atoms with Crippen molar-refractivity contribution in [1.29, 1.82) is 0 Å². The van der Waals surface area contributed by atoms with Crippen molar-refractivity contribution in [2.45, 2.75) is 110 Å². The molecule has 6 nitrogen and oxygen atoms in total. The molecule has 4 fully saturated rings. The minimum Gasteiger partial charge on any atom is -0.385 e. The van der Waals surface area contributed by atoms with E-state index in [0.29, 0.717) is 31.2 Å². The number of nitrogens with two attached hydrogens (primary N) is 1. The second kappa shape index (κ2) is 10.1. The second-order valence-electron chi connectivity index (χ2n) is 12.9. The predicted octanol–water partition coefficient (Wildman–Crippen LogP) is 4.04. The summed E-state index contributed by atoms with van der Waals surface area (Å²) in [7, 11) is 0. The molecule has 0 radical (unpaired) electrons. The first-order valence-electron chi connectivity index (χ1n) is 13.9. The minimum atomic E-state index is -1.13. The van der Waals surface area contributed by atoms with Crippen LogP contribution in [0.25, 0.3) is 0 Å². The Morgan fingerprint density at radius 1 is 1.14 bits per heavy atom. The van der Waals surface area contributed by atoms with Crippen LogP contribution in [0.2, 0.25) is 0 Å². The van der Waals surface area contributed by atoms with Crippen LogP contribution >= 0.6 is 0 Å². The van der Waals surface area contributed by atoms with Crippen molar-refractivity contribution < 1.29 is 19.5 Å². The maximum absolute atomic E-state index is 13.8. The molecule has 1 unspecified atom stereocenters. The molecule has 0 spiro atoms. The van der Waals surface area contributed by atoms with Gasteiger partial charge in [0.05, 0.1) is 12.1 Å². The molecule has 3 aliphatic carbocycles. The van der Waals surface area contributed by atoms with Gasteiger partial charge in [0.15, 0.2) is 11.6 Å². The van der Waals surface area contributed by atoms with Crippen molar-refractivity contribution in [3.63, 3.8) is 0 Å². The van der Waals surface area contributed by atoms with Crippen LogP contribution < -0.4 is 5.73 Å². The first-order chi connectivity index (χ1) is 16.5. The monoisotopic (exact) mass is 486 g/mol. The number of nitrogens with zero attached hydrogens (tertiary/aromatic N) is 1. The fourth-order valence-corrected chi connectivity index (χ4v) is 7.17. The summed E-state index contributed by atoms with van der Waals surface area (Å²) in [5.74, 6) is 0.263. The summed E-state index contributed by atoms with van der Waals surface area (Å²) in [5, 5.41) is 10.9. The molecular weight excluding hydrogens is 440 g/mol. The van der Waals surface area contributed by atoms with Gasteiger partial charge in [0, 0.05) is 19.4 Å². The molecule has 3 N–H and O–H groups in total. The number of hydrogen-bond donors (Lipinski definition) is 2. The van der Waals surface area contributed by atoms with E-state index in [1.54, 1.807) is 11.0 Å². The van der Waals surface area contributed by atoms with Crippen LogP contribution in [-0.4, -0.2) is 52.2 Å². The number of piperidine rings is 1. The number of aliphatic hydroxyl groups excluding tert-OH is 1. The third-order valence-corrected chi connectivity index (χ3v) is 10.0. The summed E-state index contributed by atoms with van der Waals surface area (Å²) in [4.78, 5) is 41.9.